The van der Waals surface area contributed by atoms with Gasteiger partial charge in [-0.2, -0.15) is 5.10 Å². The van der Waals surface area contributed by atoms with Gasteiger partial charge in [-0.25, -0.2) is 9.67 Å². The summed E-state index contributed by atoms with van der Waals surface area (Å²) in [5.74, 6) is 1.20. The maximum absolute atomic E-state index is 13.8. The summed E-state index contributed by atoms with van der Waals surface area (Å²) in [6.07, 6.45) is 5.64. The predicted molar refractivity (Wildman–Crippen MR) is 124 cm³/mol. The van der Waals surface area contributed by atoms with Crippen molar-refractivity contribution in [3.8, 4) is 5.69 Å². The highest BCUT2D eigenvalue weighted by atomic mass is 35.5. The second-order valence-corrected chi connectivity index (χ2v) is 8.79. The number of carbonyl (C=O) groups excluding carboxylic acids is 1. The molecular weight excluding hydrogens is 410 g/mol. The van der Waals surface area contributed by atoms with E-state index in [0.717, 1.165) is 42.1 Å². The van der Waals surface area contributed by atoms with Crippen LogP contribution < -0.4 is 5.32 Å². The van der Waals surface area contributed by atoms with Crippen LogP contribution in [0.25, 0.3) is 5.69 Å². The van der Waals surface area contributed by atoms with Crippen LogP contribution in [0.3, 0.4) is 0 Å². The van der Waals surface area contributed by atoms with Crippen molar-refractivity contribution in [1.82, 2.24) is 19.7 Å². The average molecular weight is 438 g/mol. The molecule has 6 nitrogen and oxygen atoms in total. The summed E-state index contributed by atoms with van der Waals surface area (Å²) < 4.78 is 1.79. The van der Waals surface area contributed by atoms with Crippen molar-refractivity contribution in [1.29, 1.82) is 0 Å². The summed E-state index contributed by atoms with van der Waals surface area (Å²) in [4.78, 5) is 20.1. The van der Waals surface area contributed by atoms with Crippen molar-refractivity contribution in [2.45, 2.75) is 39.7 Å². The smallest absolute Gasteiger partial charge is 0.256 e. The van der Waals surface area contributed by atoms with Gasteiger partial charge in [0.15, 0.2) is 0 Å². The molecule has 2 unspecified atom stereocenters. The summed E-state index contributed by atoms with van der Waals surface area (Å²) in [5, 5.41) is 8.52. The summed E-state index contributed by atoms with van der Waals surface area (Å²) in [7, 11) is 0. The SMILES string of the molecule is Cc1ccc(-n2ccc(C)n2)c(C(=O)N2CCCC(C)C2CNc2ccc(Cl)cn2)c1. The molecule has 3 heterocycles. The Balaban J connectivity index is 1.61. The van der Waals surface area contributed by atoms with E-state index in [1.54, 1.807) is 10.9 Å². The Morgan fingerprint density at radius 3 is 2.77 bits per heavy atom. The van der Waals surface area contributed by atoms with Gasteiger partial charge in [0.05, 0.1) is 28.0 Å². The van der Waals surface area contributed by atoms with Crippen LogP contribution in [-0.4, -0.2) is 44.7 Å². The quantitative estimate of drug-likeness (QED) is 0.617. The van der Waals surface area contributed by atoms with Crippen molar-refractivity contribution in [2.24, 2.45) is 5.92 Å². The maximum atomic E-state index is 13.8. The molecule has 0 saturated carbocycles. The first kappa shape index (κ1) is 21.4. The summed E-state index contributed by atoms with van der Waals surface area (Å²) in [6.45, 7) is 7.57. The van der Waals surface area contributed by atoms with Crippen LogP contribution in [0.15, 0.2) is 48.8 Å². The molecule has 2 aromatic heterocycles. The Morgan fingerprint density at radius 1 is 1.23 bits per heavy atom. The van der Waals surface area contributed by atoms with Gasteiger partial charge in [0.1, 0.15) is 5.82 Å². The van der Waals surface area contributed by atoms with E-state index in [-0.39, 0.29) is 11.9 Å². The minimum atomic E-state index is 0.0502. The van der Waals surface area contributed by atoms with Gasteiger partial charge in [-0.3, -0.25) is 4.79 Å². The number of aryl methyl sites for hydroxylation is 2. The zero-order valence-corrected chi connectivity index (χ0v) is 18.9. The largest absolute Gasteiger partial charge is 0.368 e. The topological polar surface area (TPSA) is 63.1 Å². The zero-order valence-electron chi connectivity index (χ0n) is 18.2. The second-order valence-electron chi connectivity index (χ2n) is 8.35. The lowest BCUT2D eigenvalue weighted by atomic mass is 9.89. The molecule has 7 heteroatoms. The molecule has 1 aliphatic heterocycles. The van der Waals surface area contributed by atoms with Crippen LogP contribution in [0.5, 0.6) is 0 Å². The third-order valence-electron chi connectivity index (χ3n) is 5.95. The Hall–Kier alpha value is -2.86. The molecule has 0 spiro atoms. The standard InChI is InChI=1S/C24H28ClN5O/c1-16-6-8-21(30-12-10-18(3)28-30)20(13-16)24(31)29-11-4-5-17(2)22(29)15-27-23-9-7-19(25)14-26-23/h6-10,12-14,17,22H,4-5,11,15H2,1-3H3,(H,26,27). The van der Waals surface area contributed by atoms with Crippen LogP contribution in [-0.2, 0) is 0 Å². The number of piperidine rings is 1. The second kappa shape index (κ2) is 9.10. The van der Waals surface area contributed by atoms with E-state index in [2.05, 4.69) is 22.3 Å². The highest BCUT2D eigenvalue weighted by molar-refractivity contribution is 6.30. The van der Waals surface area contributed by atoms with Crippen LogP contribution in [0.1, 0.15) is 41.4 Å². The molecule has 3 aromatic rings. The van der Waals surface area contributed by atoms with Crippen molar-refractivity contribution in [3.63, 3.8) is 0 Å². The Bertz CT molecular complexity index is 1060. The molecule has 1 aliphatic rings. The molecule has 0 bridgehead atoms. The molecule has 4 rings (SSSR count). The van der Waals surface area contributed by atoms with E-state index in [1.165, 1.54) is 0 Å². The lowest BCUT2D eigenvalue weighted by Crippen LogP contribution is -2.51. The zero-order chi connectivity index (χ0) is 22.0. The van der Waals surface area contributed by atoms with Crippen LogP contribution in [0.2, 0.25) is 5.02 Å². The third kappa shape index (κ3) is 4.74. The van der Waals surface area contributed by atoms with Gasteiger partial charge in [0.2, 0.25) is 0 Å². The van der Waals surface area contributed by atoms with Gasteiger partial charge in [-0.15, -0.1) is 0 Å². The fraction of sp³-hybridized carbons (Fsp3) is 0.375. The van der Waals surface area contributed by atoms with E-state index in [0.29, 0.717) is 23.0 Å². The number of halogens is 1. The lowest BCUT2D eigenvalue weighted by molar-refractivity contribution is 0.0540. The van der Waals surface area contributed by atoms with Crippen LogP contribution in [0.4, 0.5) is 5.82 Å². The lowest BCUT2D eigenvalue weighted by Gasteiger charge is -2.40. The number of rotatable bonds is 5. The number of hydrogen-bond acceptors (Lipinski definition) is 4. The number of likely N-dealkylation sites (tertiary alicyclic amines) is 1. The van der Waals surface area contributed by atoms with Gasteiger partial charge in [0.25, 0.3) is 5.91 Å². The minimum absolute atomic E-state index is 0.0502. The first-order chi connectivity index (χ1) is 14.9. The molecule has 0 aliphatic carbocycles. The van der Waals surface area contributed by atoms with Gasteiger partial charge < -0.3 is 10.2 Å². The van der Waals surface area contributed by atoms with Crippen molar-refractivity contribution < 1.29 is 4.79 Å². The van der Waals surface area contributed by atoms with Crippen molar-refractivity contribution in [2.75, 3.05) is 18.4 Å². The fourth-order valence-corrected chi connectivity index (χ4v) is 4.34. The van der Waals surface area contributed by atoms with E-state index < -0.39 is 0 Å². The number of pyridine rings is 1. The number of carbonyl (C=O) groups is 1. The van der Waals surface area contributed by atoms with E-state index in [4.69, 9.17) is 11.6 Å². The number of nitrogens with zero attached hydrogens (tertiary/aromatic N) is 4. The molecule has 1 amide bonds. The Labute approximate surface area is 188 Å². The number of anilines is 1. The maximum Gasteiger partial charge on any atom is 0.256 e. The van der Waals surface area contributed by atoms with Crippen molar-refractivity contribution >= 4 is 23.3 Å². The molecule has 1 N–H and O–H groups in total. The molecule has 1 saturated heterocycles. The summed E-state index contributed by atoms with van der Waals surface area (Å²) in [5.41, 5.74) is 3.48. The molecular formula is C24H28ClN5O. The van der Waals surface area contributed by atoms with Crippen LogP contribution in [0, 0.1) is 19.8 Å². The minimum Gasteiger partial charge on any atom is -0.368 e. The third-order valence-corrected chi connectivity index (χ3v) is 6.17. The predicted octanol–water partition coefficient (Wildman–Crippen LogP) is 4.89. The molecule has 31 heavy (non-hydrogen) atoms. The molecule has 2 atom stereocenters. The van der Waals surface area contributed by atoms with Gasteiger partial charge in [-0.1, -0.05) is 30.2 Å². The summed E-state index contributed by atoms with van der Waals surface area (Å²) >= 11 is 5.95. The average Bonchev–Trinajstić information content (AvgIpc) is 3.19. The van der Waals surface area contributed by atoms with E-state index in [1.807, 2.05) is 61.3 Å². The molecule has 1 fully saturated rings. The molecule has 162 valence electrons. The molecule has 0 radical (unpaired) electrons. The first-order valence-electron chi connectivity index (χ1n) is 10.7. The Kier molecular flexibility index (Phi) is 6.28. The van der Waals surface area contributed by atoms with E-state index >= 15 is 0 Å². The number of amides is 1. The van der Waals surface area contributed by atoms with Crippen molar-refractivity contribution in [3.05, 3.63) is 70.6 Å². The fourth-order valence-electron chi connectivity index (χ4n) is 4.23. The van der Waals surface area contributed by atoms with Gasteiger partial charge in [-0.05, 0) is 62.9 Å². The van der Waals surface area contributed by atoms with Crippen LogP contribution >= 0.6 is 11.6 Å². The highest BCUT2D eigenvalue weighted by Gasteiger charge is 2.33. The highest BCUT2D eigenvalue weighted by Crippen LogP contribution is 2.27. The number of aromatic nitrogens is 3. The van der Waals surface area contributed by atoms with Gasteiger partial charge >= 0.3 is 0 Å². The first-order valence-corrected chi connectivity index (χ1v) is 11.1. The monoisotopic (exact) mass is 437 g/mol. The summed E-state index contributed by atoms with van der Waals surface area (Å²) in [6, 6.07) is 11.7. The Morgan fingerprint density at radius 2 is 2.06 bits per heavy atom. The van der Waals surface area contributed by atoms with E-state index in [9.17, 15) is 4.79 Å². The van der Waals surface area contributed by atoms with Gasteiger partial charge in [0, 0.05) is 25.5 Å². The molecule has 1 aromatic carbocycles. The number of nitrogens with one attached hydrogen (secondary N) is 1. The number of benzene rings is 1. The normalized spacial score (nSPS) is 18.8. The number of hydrogen-bond donors (Lipinski definition) is 1.